The summed E-state index contributed by atoms with van der Waals surface area (Å²) in [7, 11) is 0. The number of esters is 1. The number of hydrogen-bond acceptors (Lipinski definition) is 5. The molecule has 20 heavy (non-hydrogen) atoms. The van der Waals surface area contributed by atoms with E-state index >= 15 is 0 Å². The molecule has 0 aromatic rings. The molecule has 2 N–H and O–H groups in total. The third kappa shape index (κ3) is 9.92. The summed E-state index contributed by atoms with van der Waals surface area (Å²) >= 11 is 0. The molecule has 0 aromatic heterocycles. The summed E-state index contributed by atoms with van der Waals surface area (Å²) in [5, 5.41) is 19.1. The fourth-order valence-electron chi connectivity index (χ4n) is 1.97. The first-order valence-corrected chi connectivity index (χ1v) is 7.44. The maximum atomic E-state index is 11.7. The molecule has 0 aliphatic heterocycles. The van der Waals surface area contributed by atoms with Gasteiger partial charge in [-0.3, -0.25) is 9.59 Å². The van der Waals surface area contributed by atoms with Gasteiger partial charge in [0, 0.05) is 6.42 Å². The molecule has 0 amide bonds. The molecule has 3 atom stereocenters. The standard InChI is InChI=1S/C15H28O5/c1-4-6-13(18)10-15(19)20-14(9-11(3)16)8-7-12(17)5-2/h12-14,17-18H,4-10H2,1-3H3. The Morgan fingerprint density at radius 3 is 2.15 bits per heavy atom. The van der Waals surface area contributed by atoms with E-state index in [1.165, 1.54) is 6.92 Å². The van der Waals surface area contributed by atoms with Crippen molar-refractivity contribution in [3.8, 4) is 0 Å². The summed E-state index contributed by atoms with van der Waals surface area (Å²) in [4.78, 5) is 22.8. The zero-order chi connectivity index (χ0) is 15.5. The summed E-state index contributed by atoms with van der Waals surface area (Å²) in [6, 6.07) is 0. The number of ether oxygens (including phenoxy) is 1. The highest BCUT2D eigenvalue weighted by molar-refractivity contribution is 5.77. The molecule has 0 fully saturated rings. The van der Waals surface area contributed by atoms with Gasteiger partial charge in [0.1, 0.15) is 11.9 Å². The van der Waals surface area contributed by atoms with Crippen LogP contribution >= 0.6 is 0 Å². The second-order valence-corrected chi connectivity index (χ2v) is 5.30. The molecule has 0 aliphatic rings. The Kier molecular flexibility index (Phi) is 10.3. The van der Waals surface area contributed by atoms with Gasteiger partial charge in [-0.05, 0) is 32.6 Å². The van der Waals surface area contributed by atoms with Crippen molar-refractivity contribution >= 4 is 11.8 Å². The molecule has 0 rings (SSSR count). The van der Waals surface area contributed by atoms with Gasteiger partial charge in [-0.1, -0.05) is 20.3 Å². The van der Waals surface area contributed by atoms with E-state index < -0.39 is 24.3 Å². The third-order valence-corrected chi connectivity index (χ3v) is 3.13. The molecule has 5 nitrogen and oxygen atoms in total. The van der Waals surface area contributed by atoms with Gasteiger partial charge in [0.15, 0.2) is 0 Å². The quantitative estimate of drug-likeness (QED) is 0.568. The zero-order valence-electron chi connectivity index (χ0n) is 12.8. The number of aliphatic hydroxyl groups excluding tert-OH is 2. The predicted molar refractivity (Wildman–Crippen MR) is 76.2 cm³/mol. The molecule has 0 bridgehead atoms. The van der Waals surface area contributed by atoms with Crippen molar-refractivity contribution in [3.63, 3.8) is 0 Å². The summed E-state index contributed by atoms with van der Waals surface area (Å²) in [5.41, 5.74) is 0. The van der Waals surface area contributed by atoms with Crippen molar-refractivity contribution in [1.29, 1.82) is 0 Å². The summed E-state index contributed by atoms with van der Waals surface area (Å²) in [6.45, 7) is 5.25. The largest absolute Gasteiger partial charge is 0.462 e. The van der Waals surface area contributed by atoms with E-state index in [-0.39, 0.29) is 18.6 Å². The molecule has 5 heteroatoms. The summed E-state index contributed by atoms with van der Waals surface area (Å²) in [6.07, 6.45) is 1.44. The van der Waals surface area contributed by atoms with Crippen LogP contribution in [0.25, 0.3) is 0 Å². The Bertz CT molecular complexity index is 290. The predicted octanol–water partition coefficient (Wildman–Crippen LogP) is 1.98. The molecule has 0 radical (unpaired) electrons. The van der Waals surface area contributed by atoms with Crippen LogP contribution in [0.4, 0.5) is 0 Å². The topological polar surface area (TPSA) is 83.8 Å². The van der Waals surface area contributed by atoms with Gasteiger partial charge >= 0.3 is 5.97 Å². The Labute approximate surface area is 121 Å². The first kappa shape index (κ1) is 19.1. The van der Waals surface area contributed by atoms with Crippen LogP contribution in [-0.4, -0.2) is 40.3 Å². The number of ketones is 1. The lowest BCUT2D eigenvalue weighted by Gasteiger charge is -2.19. The molecule has 0 heterocycles. The van der Waals surface area contributed by atoms with Crippen molar-refractivity contribution < 1.29 is 24.5 Å². The van der Waals surface area contributed by atoms with E-state index in [4.69, 9.17) is 4.74 Å². The zero-order valence-corrected chi connectivity index (χ0v) is 12.8. The van der Waals surface area contributed by atoms with E-state index in [0.717, 1.165) is 6.42 Å². The lowest BCUT2D eigenvalue weighted by atomic mass is 10.0. The second-order valence-electron chi connectivity index (χ2n) is 5.30. The average molecular weight is 288 g/mol. The monoisotopic (exact) mass is 288 g/mol. The Morgan fingerprint density at radius 2 is 1.65 bits per heavy atom. The second kappa shape index (κ2) is 10.8. The Morgan fingerprint density at radius 1 is 1.00 bits per heavy atom. The maximum absolute atomic E-state index is 11.7. The molecule has 118 valence electrons. The fourth-order valence-corrected chi connectivity index (χ4v) is 1.97. The minimum absolute atomic E-state index is 0.0431. The lowest BCUT2D eigenvalue weighted by Crippen LogP contribution is -2.25. The molecular formula is C15H28O5. The highest BCUT2D eigenvalue weighted by atomic mass is 16.5. The number of carbonyl (C=O) groups excluding carboxylic acids is 2. The van der Waals surface area contributed by atoms with Crippen molar-refractivity contribution in [2.75, 3.05) is 0 Å². The van der Waals surface area contributed by atoms with Gasteiger partial charge in [0.05, 0.1) is 18.6 Å². The maximum Gasteiger partial charge on any atom is 0.308 e. The average Bonchev–Trinajstić information content (AvgIpc) is 2.34. The molecule has 0 saturated carbocycles. The molecule has 0 spiro atoms. The molecule has 3 unspecified atom stereocenters. The van der Waals surface area contributed by atoms with Gasteiger partial charge in [-0.25, -0.2) is 0 Å². The lowest BCUT2D eigenvalue weighted by molar-refractivity contribution is -0.153. The van der Waals surface area contributed by atoms with Crippen LogP contribution in [-0.2, 0) is 14.3 Å². The van der Waals surface area contributed by atoms with Gasteiger partial charge in [-0.15, -0.1) is 0 Å². The van der Waals surface area contributed by atoms with Crippen LogP contribution in [0.5, 0.6) is 0 Å². The normalized spacial score (nSPS) is 15.4. The van der Waals surface area contributed by atoms with Gasteiger partial charge < -0.3 is 14.9 Å². The van der Waals surface area contributed by atoms with Crippen molar-refractivity contribution in [2.45, 2.75) is 84.0 Å². The molecule has 0 aromatic carbocycles. The van der Waals surface area contributed by atoms with Gasteiger partial charge in [0.2, 0.25) is 0 Å². The number of Topliss-reactive ketones (excluding diaryl/α,β-unsaturated/α-hetero) is 1. The van der Waals surface area contributed by atoms with E-state index in [1.54, 1.807) is 0 Å². The Hall–Kier alpha value is -0.940. The third-order valence-electron chi connectivity index (χ3n) is 3.13. The summed E-state index contributed by atoms with van der Waals surface area (Å²) in [5.74, 6) is -0.536. The van der Waals surface area contributed by atoms with Gasteiger partial charge in [-0.2, -0.15) is 0 Å². The van der Waals surface area contributed by atoms with Crippen LogP contribution in [0.15, 0.2) is 0 Å². The fraction of sp³-hybridized carbons (Fsp3) is 0.867. The smallest absolute Gasteiger partial charge is 0.308 e. The molecular weight excluding hydrogens is 260 g/mol. The van der Waals surface area contributed by atoms with Crippen LogP contribution in [0.1, 0.15) is 65.7 Å². The Balaban J connectivity index is 4.26. The highest BCUT2D eigenvalue weighted by Gasteiger charge is 2.19. The van der Waals surface area contributed by atoms with E-state index in [0.29, 0.717) is 25.7 Å². The number of hydrogen-bond donors (Lipinski definition) is 2. The molecule has 0 saturated heterocycles. The van der Waals surface area contributed by atoms with Crippen LogP contribution < -0.4 is 0 Å². The van der Waals surface area contributed by atoms with Crippen molar-refractivity contribution in [2.24, 2.45) is 0 Å². The molecule has 0 aliphatic carbocycles. The van der Waals surface area contributed by atoms with Crippen LogP contribution in [0.3, 0.4) is 0 Å². The minimum atomic E-state index is -0.688. The van der Waals surface area contributed by atoms with Gasteiger partial charge in [0.25, 0.3) is 0 Å². The summed E-state index contributed by atoms with van der Waals surface area (Å²) < 4.78 is 5.24. The number of carbonyl (C=O) groups is 2. The minimum Gasteiger partial charge on any atom is -0.462 e. The van der Waals surface area contributed by atoms with E-state index in [1.807, 2.05) is 13.8 Å². The first-order valence-electron chi connectivity index (χ1n) is 7.44. The van der Waals surface area contributed by atoms with Crippen molar-refractivity contribution in [1.82, 2.24) is 0 Å². The number of aliphatic hydroxyl groups is 2. The van der Waals surface area contributed by atoms with Crippen LogP contribution in [0.2, 0.25) is 0 Å². The van der Waals surface area contributed by atoms with E-state index in [2.05, 4.69) is 0 Å². The SMILES string of the molecule is CCCC(O)CC(=O)OC(CCC(O)CC)CC(C)=O. The van der Waals surface area contributed by atoms with Crippen LogP contribution in [0, 0.1) is 0 Å². The van der Waals surface area contributed by atoms with Crippen molar-refractivity contribution in [3.05, 3.63) is 0 Å². The van der Waals surface area contributed by atoms with E-state index in [9.17, 15) is 19.8 Å². The highest BCUT2D eigenvalue weighted by Crippen LogP contribution is 2.13. The first-order chi connectivity index (χ1) is 9.38. The number of rotatable bonds is 11.